The standard InChI is InChI=1S/C19H12ClFN4O2/c20-11-4-5-14-13(7-11)17(15(26)8-16(27)19-22-9-23-25-19)18(24-14)10-2-1-3-12(21)6-10/h1-9,24,26H,(H,22,23,25)/b15-8-. The second kappa shape index (κ2) is 6.69. The fourth-order valence-corrected chi connectivity index (χ4v) is 3.05. The predicted molar refractivity (Wildman–Crippen MR) is 100 cm³/mol. The molecule has 0 saturated carbocycles. The Kier molecular flexibility index (Phi) is 4.21. The normalized spacial score (nSPS) is 11.9. The van der Waals surface area contributed by atoms with Crippen LogP contribution in [0.15, 0.2) is 54.9 Å². The van der Waals surface area contributed by atoms with E-state index >= 15 is 0 Å². The van der Waals surface area contributed by atoms with Crippen LogP contribution in [-0.2, 0) is 0 Å². The molecule has 2 aromatic carbocycles. The van der Waals surface area contributed by atoms with Crippen LogP contribution in [0.3, 0.4) is 0 Å². The number of aromatic amines is 2. The summed E-state index contributed by atoms with van der Waals surface area (Å²) < 4.78 is 13.7. The number of rotatable bonds is 4. The number of H-pyrrole nitrogens is 2. The smallest absolute Gasteiger partial charge is 0.226 e. The third kappa shape index (κ3) is 3.20. The summed E-state index contributed by atoms with van der Waals surface area (Å²) in [5.41, 5.74) is 2.00. The number of hydrogen-bond donors (Lipinski definition) is 3. The van der Waals surface area contributed by atoms with Gasteiger partial charge in [0.25, 0.3) is 0 Å². The summed E-state index contributed by atoms with van der Waals surface area (Å²) in [5.74, 6) is -1.28. The lowest BCUT2D eigenvalue weighted by Crippen LogP contribution is -1.99. The summed E-state index contributed by atoms with van der Waals surface area (Å²) in [7, 11) is 0. The SMILES string of the molecule is O=C(/C=C(\O)c1c(-c2cccc(F)c2)[nH]c2ccc(Cl)cc12)c1ncn[nH]1. The Morgan fingerprint density at radius 3 is 2.81 bits per heavy atom. The van der Waals surface area contributed by atoms with Crippen molar-refractivity contribution in [1.29, 1.82) is 0 Å². The zero-order valence-corrected chi connectivity index (χ0v) is 14.5. The monoisotopic (exact) mass is 382 g/mol. The highest BCUT2D eigenvalue weighted by Crippen LogP contribution is 2.36. The number of benzene rings is 2. The Morgan fingerprint density at radius 1 is 1.22 bits per heavy atom. The second-order valence-electron chi connectivity index (χ2n) is 5.80. The average Bonchev–Trinajstić information content (AvgIpc) is 3.29. The van der Waals surface area contributed by atoms with Crippen LogP contribution in [-0.4, -0.2) is 31.1 Å². The molecular weight excluding hydrogens is 371 g/mol. The molecule has 0 aliphatic carbocycles. The number of nitrogens with one attached hydrogen (secondary N) is 2. The van der Waals surface area contributed by atoms with Gasteiger partial charge in [0.05, 0.1) is 5.69 Å². The van der Waals surface area contributed by atoms with Gasteiger partial charge in [-0.1, -0.05) is 23.7 Å². The number of nitrogens with zero attached hydrogens (tertiary/aromatic N) is 2. The number of hydrogen-bond acceptors (Lipinski definition) is 4. The van der Waals surface area contributed by atoms with E-state index in [1.54, 1.807) is 30.3 Å². The van der Waals surface area contributed by atoms with Crippen LogP contribution in [0.1, 0.15) is 16.2 Å². The predicted octanol–water partition coefficient (Wildman–Crippen LogP) is 4.53. The van der Waals surface area contributed by atoms with E-state index in [2.05, 4.69) is 20.2 Å². The summed E-state index contributed by atoms with van der Waals surface area (Å²) >= 11 is 6.10. The van der Waals surface area contributed by atoms with Gasteiger partial charge in [-0.3, -0.25) is 9.89 Å². The molecule has 0 fully saturated rings. The molecule has 0 radical (unpaired) electrons. The molecule has 0 aliphatic heterocycles. The summed E-state index contributed by atoms with van der Waals surface area (Å²) in [4.78, 5) is 19.2. The van der Waals surface area contributed by atoms with Crippen molar-refractivity contribution in [3.63, 3.8) is 0 Å². The lowest BCUT2D eigenvalue weighted by atomic mass is 10.0. The number of carbonyl (C=O) groups is 1. The topological polar surface area (TPSA) is 94.7 Å². The van der Waals surface area contributed by atoms with Crippen molar-refractivity contribution in [2.75, 3.05) is 0 Å². The number of halogens is 2. The molecule has 0 atom stereocenters. The van der Waals surface area contributed by atoms with Gasteiger partial charge in [0.2, 0.25) is 5.78 Å². The van der Waals surface area contributed by atoms with Gasteiger partial charge in [0.15, 0.2) is 5.82 Å². The number of ketones is 1. The molecule has 3 N–H and O–H groups in total. The zero-order valence-electron chi connectivity index (χ0n) is 13.7. The Hall–Kier alpha value is -3.45. The van der Waals surface area contributed by atoms with Crippen LogP contribution in [0.2, 0.25) is 5.02 Å². The summed E-state index contributed by atoms with van der Waals surface area (Å²) in [5, 5.41) is 17.8. The minimum Gasteiger partial charge on any atom is -0.507 e. The van der Waals surface area contributed by atoms with Crippen molar-refractivity contribution < 1.29 is 14.3 Å². The van der Waals surface area contributed by atoms with Crippen LogP contribution in [0.5, 0.6) is 0 Å². The minimum absolute atomic E-state index is 0.00766. The van der Waals surface area contributed by atoms with Crippen LogP contribution in [0.4, 0.5) is 4.39 Å². The molecule has 2 aromatic heterocycles. The molecule has 8 heteroatoms. The van der Waals surface area contributed by atoms with E-state index in [4.69, 9.17) is 11.6 Å². The van der Waals surface area contributed by atoms with E-state index in [1.807, 2.05) is 0 Å². The maximum atomic E-state index is 13.7. The van der Waals surface area contributed by atoms with E-state index in [-0.39, 0.29) is 11.6 Å². The Morgan fingerprint density at radius 2 is 2.07 bits per heavy atom. The number of fused-ring (bicyclic) bond motifs is 1. The van der Waals surface area contributed by atoms with Crippen molar-refractivity contribution in [2.45, 2.75) is 0 Å². The summed E-state index contributed by atoms with van der Waals surface area (Å²) in [6.45, 7) is 0. The van der Waals surface area contributed by atoms with Gasteiger partial charge < -0.3 is 10.1 Å². The van der Waals surface area contributed by atoms with E-state index in [9.17, 15) is 14.3 Å². The first kappa shape index (κ1) is 17.0. The molecular formula is C19H12ClFN4O2. The van der Waals surface area contributed by atoms with Gasteiger partial charge in [-0.15, -0.1) is 0 Å². The van der Waals surface area contributed by atoms with E-state index in [0.29, 0.717) is 32.7 Å². The van der Waals surface area contributed by atoms with E-state index in [0.717, 1.165) is 6.08 Å². The fourth-order valence-electron chi connectivity index (χ4n) is 2.88. The summed E-state index contributed by atoms with van der Waals surface area (Å²) in [6, 6.07) is 11.0. The van der Waals surface area contributed by atoms with E-state index < -0.39 is 11.6 Å². The highest BCUT2D eigenvalue weighted by molar-refractivity contribution is 6.31. The highest BCUT2D eigenvalue weighted by Gasteiger charge is 2.19. The first-order valence-electron chi connectivity index (χ1n) is 7.91. The van der Waals surface area contributed by atoms with Crippen LogP contribution in [0.25, 0.3) is 27.9 Å². The van der Waals surface area contributed by atoms with Gasteiger partial charge in [0.1, 0.15) is 17.9 Å². The van der Waals surface area contributed by atoms with Crippen molar-refractivity contribution >= 4 is 34.0 Å². The number of aliphatic hydroxyl groups is 1. The highest BCUT2D eigenvalue weighted by atomic mass is 35.5. The Labute approximate surface area is 157 Å². The van der Waals surface area contributed by atoms with Crippen LogP contribution < -0.4 is 0 Å². The van der Waals surface area contributed by atoms with Gasteiger partial charge in [-0.2, -0.15) is 5.10 Å². The second-order valence-corrected chi connectivity index (χ2v) is 6.24. The fraction of sp³-hybridized carbons (Fsp3) is 0. The summed E-state index contributed by atoms with van der Waals surface area (Å²) in [6.07, 6.45) is 2.23. The third-order valence-electron chi connectivity index (χ3n) is 4.05. The van der Waals surface area contributed by atoms with Crippen molar-refractivity contribution in [2.24, 2.45) is 0 Å². The van der Waals surface area contributed by atoms with E-state index in [1.165, 1.54) is 18.5 Å². The van der Waals surface area contributed by atoms with Crippen molar-refractivity contribution in [1.82, 2.24) is 20.2 Å². The number of aromatic nitrogens is 4. The van der Waals surface area contributed by atoms with Crippen molar-refractivity contribution in [3.8, 4) is 11.3 Å². The molecule has 6 nitrogen and oxygen atoms in total. The first-order chi connectivity index (χ1) is 13.0. The molecule has 27 heavy (non-hydrogen) atoms. The molecule has 0 aliphatic rings. The van der Waals surface area contributed by atoms with Gasteiger partial charge >= 0.3 is 0 Å². The molecule has 0 unspecified atom stereocenters. The van der Waals surface area contributed by atoms with Gasteiger partial charge in [-0.05, 0) is 30.3 Å². The third-order valence-corrected chi connectivity index (χ3v) is 4.28. The van der Waals surface area contributed by atoms with Gasteiger partial charge in [0, 0.05) is 33.1 Å². The quantitative estimate of drug-likeness (QED) is 0.274. The largest absolute Gasteiger partial charge is 0.507 e. The zero-order chi connectivity index (χ0) is 19.0. The number of aliphatic hydroxyl groups excluding tert-OH is 1. The number of carbonyl (C=O) groups excluding carboxylic acids is 1. The lowest BCUT2D eigenvalue weighted by molar-refractivity contribution is 0.103. The maximum Gasteiger partial charge on any atom is 0.226 e. The Balaban J connectivity index is 1.93. The van der Waals surface area contributed by atoms with Crippen molar-refractivity contribution in [3.05, 3.63) is 77.1 Å². The molecule has 0 saturated heterocycles. The molecule has 0 spiro atoms. The molecule has 0 amide bonds. The van der Waals surface area contributed by atoms with Gasteiger partial charge in [-0.25, -0.2) is 9.37 Å². The van der Waals surface area contributed by atoms with Crippen LogP contribution in [0, 0.1) is 5.82 Å². The molecule has 4 aromatic rings. The first-order valence-corrected chi connectivity index (χ1v) is 8.28. The minimum atomic E-state index is -0.549. The molecule has 4 rings (SSSR count). The molecule has 2 heterocycles. The molecule has 0 bridgehead atoms. The lowest BCUT2D eigenvalue weighted by Gasteiger charge is -2.05. The Bertz CT molecular complexity index is 1180. The number of allylic oxidation sites excluding steroid dienone is 1. The van der Waals surface area contributed by atoms with Crippen LogP contribution >= 0.6 is 11.6 Å². The molecule has 134 valence electrons. The maximum absolute atomic E-state index is 13.7. The average molecular weight is 383 g/mol.